The fourth-order valence-corrected chi connectivity index (χ4v) is 3.09. The van der Waals surface area contributed by atoms with Crippen LogP contribution in [0.1, 0.15) is 12.8 Å². The lowest BCUT2D eigenvalue weighted by Gasteiger charge is -2.40. The van der Waals surface area contributed by atoms with Crippen molar-refractivity contribution in [2.75, 3.05) is 0 Å². The molecule has 0 aromatic heterocycles. The van der Waals surface area contributed by atoms with E-state index in [2.05, 4.69) is 0 Å². The van der Waals surface area contributed by atoms with Crippen LogP contribution in [0.3, 0.4) is 0 Å². The molecular weight excluding hydrogens is 231 g/mol. The molecule has 1 saturated carbocycles. The lowest BCUT2D eigenvalue weighted by Crippen LogP contribution is -2.50. The summed E-state index contributed by atoms with van der Waals surface area (Å²) < 4.78 is 11.7. The molecule has 1 aliphatic carbocycles. The van der Waals surface area contributed by atoms with Crippen molar-refractivity contribution in [2.24, 2.45) is 0 Å². The molecule has 3 nitrogen and oxygen atoms in total. The first-order valence-corrected chi connectivity index (χ1v) is 5.69. The molecule has 0 radical (unpaired) electrons. The fraction of sp³-hybridized carbons (Fsp3) is 0.364. The monoisotopic (exact) mass is 242 g/mol. The summed E-state index contributed by atoms with van der Waals surface area (Å²) in [7, 11) is 0. The summed E-state index contributed by atoms with van der Waals surface area (Å²) in [5.41, 5.74) is 0. The van der Waals surface area contributed by atoms with Crippen LogP contribution in [-0.2, 0) is 4.79 Å². The van der Waals surface area contributed by atoms with E-state index < -0.39 is 16.8 Å². The van der Waals surface area contributed by atoms with Gasteiger partial charge in [-0.05, 0) is 37.1 Å². The van der Waals surface area contributed by atoms with E-state index in [1.54, 1.807) is 12.1 Å². The van der Waals surface area contributed by atoms with Crippen LogP contribution in [0.4, 0.5) is 4.39 Å². The van der Waals surface area contributed by atoms with Crippen LogP contribution < -0.4 is 0 Å². The number of carboxylic acids is 1. The number of aliphatic hydroxyl groups excluding tert-OH is 1. The zero-order chi connectivity index (χ0) is 11.8. The van der Waals surface area contributed by atoms with Gasteiger partial charge in [0.2, 0.25) is 0 Å². The average Bonchev–Trinajstić information content (AvgIpc) is 2.18. The zero-order valence-corrected chi connectivity index (χ0v) is 9.21. The van der Waals surface area contributed by atoms with Crippen LogP contribution in [0, 0.1) is 5.82 Å². The van der Waals surface area contributed by atoms with Crippen LogP contribution >= 0.6 is 11.8 Å². The Labute approximate surface area is 96.3 Å². The van der Waals surface area contributed by atoms with Crippen molar-refractivity contribution < 1.29 is 19.4 Å². The summed E-state index contributed by atoms with van der Waals surface area (Å²) in [4.78, 5) is 11.8. The molecule has 0 heterocycles. The number of hydrogen-bond donors (Lipinski definition) is 2. The Bertz CT molecular complexity index is 398. The highest BCUT2D eigenvalue weighted by molar-refractivity contribution is 8.01. The number of halogens is 1. The number of aliphatic carboxylic acids is 1. The minimum absolute atomic E-state index is 0.240. The van der Waals surface area contributed by atoms with Gasteiger partial charge in [-0.3, -0.25) is 4.79 Å². The van der Waals surface area contributed by atoms with Gasteiger partial charge in [0.05, 0.1) is 6.10 Å². The zero-order valence-electron chi connectivity index (χ0n) is 8.39. The lowest BCUT2D eigenvalue weighted by atomic mass is 9.81. The second-order valence-corrected chi connectivity index (χ2v) is 5.37. The lowest BCUT2D eigenvalue weighted by molar-refractivity contribution is -0.145. The molecular formula is C11H11FO3S. The first kappa shape index (κ1) is 11.4. The van der Waals surface area contributed by atoms with Gasteiger partial charge in [0.1, 0.15) is 10.6 Å². The smallest absolute Gasteiger partial charge is 0.320 e. The van der Waals surface area contributed by atoms with E-state index in [4.69, 9.17) is 5.11 Å². The SMILES string of the molecule is O=C(O)C1(Sc2ccc(F)cc2)CC(O)C1. The van der Waals surface area contributed by atoms with Crippen molar-refractivity contribution in [3.8, 4) is 0 Å². The van der Waals surface area contributed by atoms with Crippen LogP contribution in [0.25, 0.3) is 0 Å². The summed E-state index contributed by atoms with van der Waals surface area (Å²) in [6.45, 7) is 0. The maximum absolute atomic E-state index is 12.7. The second kappa shape index (κ2) is 4.07. The molecule has 0 amide bonds. The van der Waals surface area contributed by atoms with Crippen molar-refractivity contribution in [3.05, 3.63) is 30.1 Å². The molecule has 0 bridgehead atoms. The number of thioether (sulfide) groups is 1. The number of aliphatic hydroxyl groups is 1. The summed E-state index contributed by atoms with van der Waals surface area (Å²) in [5, 5.41) is 18.3. The average molecular weight is 242 g/mol. The molecule has 1 fully saturated rings. The third-order valence-corrected chi connectivity index (χ3v) is 4.05. The number of carboxylic acid groups (broad SMARTS) is 1. The number of rotatable bonds is 3. The summed E-state index contributed by atoms with van der Waals surface area (Å²) in [6, 6.07) is 5.70. The first-order chi connectivity index (χ1) is 7.52. The minimum atomic E-state index is -0.947. The molecule has 1 aromatic carbocycles. The van der Waals surface area contributed by atoms with Crippen LogP contribution in [0.15, 0.2) is 29.2 Å². The second-order valence-electron chi connectivity index (χ2n) is 3.92. The quantitative estimate of drug-likeness (QED) is 0.850. The predicted molar refractivity (Wildman–Crippen MR) is 57.9 cm³/mol. The van der Waals surface area contributed by atoms with Crippen LogP contribution in [-0.4, -0.2) is 27.0 Å². The molecule has 2 N–H and O–H groups in total. The molecule has 0 unspecified atom stereocenters. The minimum Gasteiger partial charge on any atom is -0.480 e. The van der Waals surface area contributed by atoms with E-state index >= 15 is 0 Å². The topological polar surface area (TPSA) is 57.5 Å². The van der Waals surface area contributed by atoms with E-state index in [0.717, 1.165) is 0 Å². The van der Waals surface area contributed by atoms with Gasteiger partial charge in [-0.2, -0.15) is 0 Å². The fourth-order valence-electron chi connectivity index (χ4n) is 1.73. The molecule has 0 aliphatic heterocycles. The summed E-state index contributed by atoms with van der Waals surface area (Å²) >= 11 is 1.17. The molecule has 0 atom stereocenters. The van der Waals surface area contributed by atoms with E-state index in [1.807, 2.05) is 0 Å². The Morgan fingerprint density at radius 3 is 2.38 bits per heavy atom. The number of benzene rings is 1. The third-order valence-electron chi connectivity index (χ3n) is 2.65. The van der Waals surface area contributed by atoms with Gasteiger partial charge in [0.15, 0.2) is 0 Å². The first-order valence-electron chi connectivity index (χ1n) is 4.88. The molecule has 1 aliphatic rings. The van der Waals surface area contributed by atoms with Gasteiger partial charge in [0, 0.05) is 4.90 Å². The highest BCUT2D eigenvalue weighted by Gasteiger charge is 2.50. The van der Waals surface area contributed by atoms with E-state index in [1.165, 1.54) is 23.9 Å². The van der Waals surface area contributed by atoms with Crippen LogP contribution in [0.5, 0.6) is 0 Å². The van der Waals surface area contributed by atoms with Gasteiger partial charge in [-0.25, -0.2) is 4.39 Å². The molecule has 16 heavy (non-hydrogen) atoms. The summed E-state index contributed by atoms with van der Waals surface area (Å²) in [5.74, 6) is -1.27. The Morgan fingerprint density at radius 1 is 1.38 bits per heavy atom. The molecule has 2 rings (SSSR count). The Balaban J connectivity index is 2.13. The predicted octanol–water partition coefficient (Wildman–Crippen LogP) is 1.90. The van der Waals surface area contributed by atoms with Crippen molar-refractivity contribution in [1.82, 2.24) is 0 Å². The highest BCUT2D eigenvalue weighted by Crippen LogP contribution is 2.47. The standard InChI is InChI=1S/C11H11FO3S/c12-7-1-3-9(4-2-7)16-11(10(14)15)5-8(13)6-11/h1-4,8,13H,5-6H2,(H,14,15). The molecule has 5 heteroatoms. The number of hydrogen-bond acceptors (Lipinski definition) is 3. The normalized spacial score (nSPS) is 28.5. The molecule has 1 aromatic rings. The Kier molecular flexibility index (Phi) is 2.90. The maximum atomic E-state index is 12.7. The van der Waals surface area contributed by atoms with Gasteiger partial charge in [-0.1, -0.05) is 0 Å². The van der Waals surface area contributed by atoms with E-state index in [-0.39, 0.29) is 18.7 Å². The maximum Gasteiger partial charge on any atom is 0.320 e. The van der Waals surface area contributed by atoms with Crippen LogP contribution in [0.2, 0.25) is 0 Å². The van der Waals surface area contributed by atoms with Crippen molar-refractivity contribution in [3.63, 3.8) is 0 Å². The molecule has 0 saturated heterocycles. The van der Waals surface area contributed by atoms with E-state index in [9.17, 15) is 14.3 Å². The largest absolute Gasteiger partial charge is 0.480 e. The van der Waals surface area contributed by atoms with Gasteiger partial charge >= 0.3 is 5.97 Å². The highest BCUT2D eigenvalue weighted by atomic mass is 32.2. The van der Waals surface area contributed by atoms with Gasteiger partial charge in [-0.15, -0.1) is 11.8 Å². The van der Waals surface area contributed by atoms with Crippen molar-refractivity contribution in [2.45, 2.75) is 28.6 Å². The van der Waals surface area contributed by atoms with Gasteiger partial charge < -0.3 is 10.2 Å². The van der Waals surface area contributed by atoms with E-state index in [0.29, 0.717) is 4.90 Å². The summed E-state index contributed by atoms with van der Waals surface area (Å²) in [6.07, 6.45) is -0.0570. The van der Waals surface area contributed by atoms with Gasteiger partial charge in [0.25, 0.3) is 0 Å². The Hall–Kier alpha value is -1.07. The molecule has 0 spiro atoms. The molecule has 86 valence electrons. The number of carbonyl (C=O) groups is 1. The van der Waals surface area contributed by atoms with Crippen molar-refractivity contribution >= 4 is 17.7 Å². The Morgan fingerprint density at radius 2 is 1.94 bits per heavy atom. The van der Waals surface area contributed by atoms with Crippen molar-refractivity contribution in [1.29, 1.82) is 0 Å². The third kappa shape index (κ3) is 2.05.